The maximum Gasteiger partial charge on any atom is 0.335 e. The lowest BCUT2D eigenvalue weighted by Gasteiger charge is -2.57. The summed E-state index contributed by atoms with van der Waals surface area (Å²) in [6.07, 6.45) is 13.3. The largest absolute Gasteiger partial charge is 0.478 e. The molecule has 0 unspecified atom stereocenters. The molecule has 4 aliphatic carbocycles. The Morgan fingerprint density at radius 1 is 1.12 bits per heavy atom. The fourth-order valence-electron chi connectivity index (χ4n) is 7.20. The van der Waals surface area contributed by atoms with Crippen LogP contribution in [0.15, 0.2) is 36.8 Å². The number of hydrogen-bond donors (Lipinski definition) is 4. The van der Waals surface area contributed by atoms with E-state index in [1.54, 1.807) is 24.7 Å². The number of carbonyl (C=O) groups is 2. The van der Waals surface area contributed by atoms with Crippen molar-refractivity contribution < 1.29 is 14.7 Å². The Kier molecular flexibility index (Phi) is 5.04. The maximum absolute atomic E-state index is 13.3. The third-order valence-corrected chi connectivity index (χ3v) is 8.18. The summed E-state index contributed by atoms with van der Waals surface area (Å²) in [5.41, 5.74) is 2.87. The molecule has 0 aliphatic heterocycles. The van der Waals surface area contributed by atoms with Gasteiger partial charge in [-0.2, -0.15) is 0 Å². The monoisotopic (exact) mass is 459 g/mol. The molecule has 0 saturated heterocycles. The van der Waals surface area contributed by atoms with Crippen LogP contribution in [0.4, 0.5) is 5.69 Å². The average Bonchev–Trinajstić information content (AvgIpc) is 3.47. The molecular formula is C26H29N5O3. The highest BCUT2D eigenvalue weighted by molar-refractivity contribution is 6.04. The van der Waals surface area contributed by atoms with E-state index in [-0.39, 0.29) is 11.5 Å². The third kappa shape index (κ3) is 3.91. The fraction of sp³-hybridized carbons (Fsp3) is 0.462. The van der Waals surface area contributed by atoms with E-state index in [2.05, 4.69) is 25.3 Å². The Labute approximate surface area is 197 Å². The zero-order chi connectivity index (χ0) is 23.3. The van der Waals surface area contributed by atoms with E-state index < -0.39 is 5.97 Å². The lowest BCUT2D eigenvalue weighted by Crippen LogP contribution is -2.46. The molecule has 2 heterocycles. The maximum atomic E-state index is 13.3. The van der Waals surface area contributed by atoms with Crippen molar-refractivity contribution in [3.8, 4) is 11.5 Å². The van der Waals surface area contributed by atoms with Gasteiger partial charge in [-0.1, -0.05) is 6.07 Å². The number of imidazole rings is 2. The van der Waals surface area contributed by atoms with E-state index in [1.165, 1.54) is 50.7 Å². The van der Waals surface area contributed by atoms with Crippen LogP contribution in [0.5, 0.6) is 0 Å². The van der Waals surface area contributed by atoms with Gasteiger partial charge >= 0.3 is 5.97 Å². The van der Waals surface area contributed by atoms with Crippen molar-refractivity contribution in [2.75, 3.05) is 5.32 Å². The molecule has 8 heteroatoms. The molecule has 176 valence electrons. The van der Waals surface area contributed by atoms with Crippen molar-refractivity contribution >= 4 is 17.6 Å². The van der Waals surface area contributed by atoms with Gasteiger partial charge in [-0.05, 0) is 92.7 Å². The summed E-state index contributed by atoms with van der Waals surface area (Å²) in [6.45, 7) is 0. The summed E-state index contributed by atoms with van der Waals surface area (Å²) in [4.78, 5) is 39.7. The number of nitrogens with one attached hydrogen (secondary N) is 3. The van der Waals surface area contributed by atoms with E-state index in [4.69, 9.17) is 0 Å². The first-order valence-corrected chi connectivity index (χ1v) is 12.2. The molecule has 34 heavy (non-hydrogen) atoms. The number of carbonyl (C=O) groups excluding carboxylic acids is 1. The molecule has 4 aliphatic rings. The summed E-state index contributed by atoms with van der Waals surface area (Å²) >= 11 is 0. The van der Waals surface area contributed by atoms with Gasteiger partial charge in [0.2, 0.25) is 0 Å². The predicted molar refractivity (Wildman–Crippen MR) is 126 cm³/mol. The normalized spacial score (nSPS) is 27.1. The predicted octanol–water partition coefficient (Wildman–Crippen LogP) is 4.90. The second kappa shape index (κ2) is 8.11. The van der Waals surface area contributed by atoms with Gasteiger partial charge in [-0.3, -0.25) is 4.79 Å². The summed E-state index contributed by atoms with van der Waals surface area (Å²) in [6, 6.07) is 6.26. The lowest BCUT2D eigenvalue weighted by atomic mass is 9.48. The number of aromatic amines is 2. The van der Waals surface area contributed by atoms with Crippen LogP contribution in [0.1, 0.15) is 71.5 Å². The van der Waals surface area contributed by atoms with Gasteiger partial charge in [0, 0.05) is 11.4 Å². The zero-order valence-corrected chi connectivity index (χ0v) is 19.0. The lowest BCUT2D eigenvalue weighted by molar-refractivity contribution is -0.0570. The minimum absolute atomic E-state index is 0.125. The van der Waals surface area contributed by atoms with Crippen LogP contribution in [0.25, 0.3) is 11.5 Å². The Morgan fingerprint density at radius 3 is 2.50 bits per heavy atom. The van der Waals surface area contributed by atoms with E-state index in [0.29, 0.717) is 22.6 Å². The minimum Gasteiger partial charge on any atom is -0.478 e. The van der Waals surface area contributed by atoms with Gasteiger partial charge in [0.25, 0.3) is 5.91 Å². The molecule has 0 spiro atoms. The number of carboxylic acids is 1. The molecule has 4 bridgehead atoms. The first kappa shape index (κ1) is 21.1. The summed E-state index contributed by atoms with van der Waals surface area (Å²) < 4.78 is 0. The second-order valence-corrected chi connectivity index (χ2v) is 10.6. The molecule has 2 aromatic heterocycles. The Morgan fingerprint density at radius 2 is 1.85 bits per heavy atom. The smallest absolute Gasteiger partial charge is 0.335 e. The van der Waals surface area contributed by atoms with E-state index in [0.717, 1.165) is 42.0 Å². The third-order valence-electron chi connectivity index (χ3n) is 8.18. The Bertz CT molecular complexity index is 1190. The summed E-state index contributed by atoms with van der Waals surface area (Å²) in [7, 11) is 0. The van der Waals surface area contributed by atoms with Crippen molar-refractivity contribution in [2.45, 2.75) is 51.4 Å². The van der Waals surface area contributed by atoms with Crippen LogP contribution in [0.2, 0.25) is 0 Å². The fourth-order valence-corrected chi connectivity index (χ4v) is 7.20. The topological polar surface area (TPSA) is 124 Å². The molecule has 7 rings (SSSR count). The number of rotatable bonds is 7. The van der Waals surface area contributed by atoms with Gasteiger partial charge in [0.05, 0.1) is 18.1 Å². The molecule has 8 nitrogen and oxygen atoms in total. The number of nitrogens with zero attached hydrogens (tertiary/aromatic N) is 2. The standard InChI is InChI=1S/C26H29N5O3/c32-24(29-19-3-1-2-18(9-19)25(33)34)22-20(30-23(31-22)21-13-27-14-28-21)4-5-26-10-15-6-16(11-26)8-17(7-15)12-26/h1-3,9,13-17H,4-8,10-12H2,(H,27,28)(H,29,32)(H,30,31)(H,33,34). The van der Waals surface area contributed by atoms with Gasteiger partial charge in [0.15, 0.2) is 5.82 Å². The van der Waals surface area contributed by atoms with Crippen molar-refractivity contribution in [3.63, 3.8) is 0 Å². The van der Waals surface area contributed by atoms with Gasteiger partial charge < -0.3 is 20.4 Å². The molecule has 4 N–H and O–H groups in total. The quantitative estimate of drug-likeness (QED) is 0.400. The highest BCUT2D eigenvalue weighted by Gasteiger charge is 2.50. The number of hydrogen-bond acceptors (Lipinski definition) is 4. The number of aromatic nitrogens is 4. The number of anilines is 1. The van der Waals surface area contributed by atoms with Crippen LogP contribution >= 0.6 is 0 Å². The molecule has 0 atom stereocenters. The first-order valence-electron chi connectivity index (χ1n) is 12.2. The number of amides is 1. The molecule has 4 saturated carbocycles. The van der Waals surface area contributed by atoms with Crippen molar-refractivity contribution in [1.82, 2.24) is 19.9 Å². The van der Waals surface area contributed by atoms with Crippen molar-refractivity contribution in [2.24, 2.45) is 23.2 Å². The first-order chi connectivity index (χ1) is 16.5. The van der Waals surface area contributed by atoms with Crippen molar-refractivity contribution in [3.05, 3.63) is 53.7 Å². The molecule has 4 fully saturated rings. The zero-order valence-electron chi connectivity index (χ0n) is 19.0. The highest BCUT2D eigenvalue weighted by Crippen LogP contribution is 2.61. The van der Waals surface area contributed by atoms with E-state index in [9.17, 15) is 14.7 Å². The van der Waals surface area contributed by atoms with Crippen LogP contribution in [-0.2, 0) is 6.42 Å². The summed E-state index contributed by atoms with van der Waals surface area (Å²) in [5, 5.41) is 12.1. The number of aryl methyl sites for hydroxylation is 1. The summed E-state index contributed by atoms with van der Waals surface area (Å²) in [5.74, 6) is 1.87. The molecule has 3 aromatic rings. The Hall–Kier alpha value is -3.42. The SMILES string of the molecule is O=C(O)c1cccc(NC(=O)c2nc(-c3cnc[nH]3)[nH]c2CCC23CC4CC(CC(C4)C2)C3)c1. The minimum atomic E-state index is -1.03. The number of benzene rings is 1. The number of H-pyrrole nitrogens is 2. The van der Waals surface area contributed by atoms with E-state index >= 15 is 0 Å². The van der Waals surface area contributed by atoms with Gasteiger partial charge in [0.1, 0.15) is 11.4 Å². The molecule has 1 aromatic carbocycles. The highest BCUT2D eigenvalue weighted by atomic mass is 16.4. The van der Waals surface area contributed by atoms with Gasteiger partial charge in [-0.15, -0.1) is 0 Å². The Balaban J connectivity index is 1.25. The average molecular weight is 460 g/mol. The number of aromatic carboxylic acids is 1. The molecular weight excluding hydrogens is 430 g/mol. The second-order valence-electron chi connectivity index (χ2n) is 10.6. The van der Waals surface area contributed by atoms with Gasteiger partial charge in [-0.25, -0.2) is 14.8 Å². The van der Waals surface area contributed by atoms with Crippen LogP contribution in [0, 0.1) is 23.2 Å². The molecule has 1 amide bonds. The van der Waals surface area contributed by atoms with Crippen molar-refractivity contribution in [1.29, 1.82) is 0 Å². The van der Waals surface area contributed by atoms with Crippen LogP contribution < -0.4 is 5.32 Å². The molecule has 0 radical (unpaired) electrons. The van der Waals surface area contributed by atoms with Crippen LogP contribution in [0.3, 0.4) is 0 Å². The van der Waals surface area contributed by atoms with E-state index in [1.807, 2.05) is 0 Å². The number of carboxylic acid groups (broad SMARTS) is 1. The van der Waals surface area contributed by atoms with Crippen LogP contribution in [-0.4, -0.2) is 36.9 Å².